The molecule has 0 saturated carbocycles. The van der Waals surface area contributed by atoms with Gasteiger partial charge in [0.1, 0.15) is 6.54 Å². The fourth-order valence-corrected chi connectivity index (χ4v) is 2.97. The lowest BCUT2D eigenvalue weighted by Gasteiger charge is -2.14. The van der Waals surface area contributed by atoms with Crippen LogP contribution in [0.15, 0.2) is 16.6 Å². The van der Waals surface area contributed by atoms with E-state index in [0.29, 0.717) is 4.47 Å². The number of hydrogen-bond acceptors (Lipinski definition) is 3. The number of halogens is 4. The highest BCUT2D eigenvalue weighted by atomic mass is 79.9. The Bertz CT molecular complexity index is 552. The Balaban J connectivity index is 2.90. The van der Waals surface area contributed by atoms with E-state index in [2.05, 4.69) is 15.9 Å². The number of hydrogen-bond donors (Lipinski definition) is 3. The summed E-state index contributed by atoms with van der Waals surface area (Å²) in [4.78, 5) is 0. The van der Waals surface area contributed by atoms with Crippen LogP contribution in [0.25, 0.3) is 0 Å². The molecule has 10 heteroatoms. The van der Waals surface area contributed by atoms with Crippen LogP contribution in [-0.4, -0.2) is 21.1 Å². The van der Waals surface area contributed by atoms with Crippen molar-refractivity contribution in [3.8, 4) is 0 Å². The van der Waals surface area contributed by atoms with Gasteiger partial charge in [-0.25, -0.2) is 0 Å². The van der Waals surface area contributed by atoms with E-state index in [-0.39, 0.29) is 11.4 Å². The van der Waals surface area contributed by atoms with Crippen molar-refractivity contribution in [3.63, 3.8) is 0 Å². The zero-order valence-corrected chi connectivity index (χ0v) is 12.1. The van der Waals surface area contributed by atoms with Crippen LogP contribution in [0.1, 0.15) is 5.56 Å². The number of alkyl halides is 3. The second-order valence-electron chi connectivity index (χ2n) is 3.75. The van der Waals surface area contributed by atoms with Gasteiger partial charge in [0, 0.05) is 4.47 Å². The number of nitrogen functional groups attached to an aromatic ring is 1. The second-order valence-corrected chi connectivity index (χ2v) is 6.11. The highest BCUT2D eigenvalue weighted by molar-refractivity contribution is 9.10. The number of rotatable bonds is 4. The summed E-state index contributed by atoms with van der Waals surface area (Å²) >= 11 is 3.08. The van der Waals surface area contributed by atoms with Crippen LogP contribution in [-0.2, 0) is 10.2 Å². The molecule has 5 nitrogen and oxygen atoms in total. The Kier molecular flexibility index (Phi) is 4.69. The molecule has 1 aromatic rings. The van der Waals surface area contributed by atoms with Crippen molar-refractivity contribution >= 4 is 37.5 Å². The molecule has 0 spiro atoms. The molecule has 0 fully saturated rings. The summed E-state index contributed by atoms with van der Waals surface area (Å²) in [5.41, 5.74) is 6.47. The molecule has 19 heavy (non-hydrogen) atoms. The number of aryl methyl sites for hydroxylation is 1. The second kappa shape index (κ2) is 5.55. The van der Waals surface area contributed by atoms with E-state index in [4.69, 9.17) is 5.73 Å². The molecule has 1 aromatic carbocycles. The van der Waals surface area contributed by atoms with Crippen LogP contribution in [0.4, 0.5) is 24.5 Å². The van der Waals surface area contributed by atoms with E-state index in [1.807, 2.05) is 4.72 Å². The van der Waals surface area contributed by atoms with Gasteiger partial charge in [-0.15, -0.1) is 0 Å². The molecule has 0 aromatic heterocycles. The standard InChI is InChI=1S/C9H11BrF3N3O2S/c1-5-2-6(10)8(7(14)3-5)16-19(17,18)15-4-9(11,12)13/h2-3,15-16H,4,14H2,1H3. The largest absolute Gasteiger partial charge is 0.402 e. The third-order valence-corrected chi connectivity index (χ3v) is 3.59. The topological polar surface area (TPSA) is 84.2 Å². The minimum Gasteiger partial charge on any atom is -0.397 e. The Labute approximate surface area is 116 Å². The van der Waals surface area contributed by atoms with E-state index in [0.717, 1.165) is 5.56 Å². The first-order valence-corrected chi connectivity index (χ1v) is 7.17. The molecule has 0 unspecified atom stereocenters. The number of nitrogens with one attached hydrogen (secondary N) is 2. The fourth-order valence-electron chi connectivity index (χ4n) is 1.22. The Morgan fingerprint density at radius 2 is 1.95 bits per heavy atom. The van der Waals surface area contributed by atoms with Crippen molar-refractivity contribution in [2.75, 3.05) is 17.0 Å². The number of nitrogens with two attached hydrogens (primary N) is 1. The maximum atomic E-state index is 11.9. The molecule has 0 aliphatic carbocycles. The lowest BCUT2D eigenvalue weighted by Crippen LogP contribution is -2.37. The first-order chi connectivity index (χ1) is 8.50. The zero-order valence-electron chi connectivity index (χ0n) is 9.68. The molecule has 0 atom stereocenters. The van der Waals surface area contributed by atoms with Crippen molar-refractivity contribution in [3.05, 3.63) is 22.2 Å². The molecule has 0 saturated heterocycles. The summed E-state index contributed by atoms with van der Waals surface area (Å²) in [6.45, 7) is 0.0764. The Hall–Kier alpha value is -1.00. The van der Waals surface area contributed by atoms with E-state index in [1.165, 1.54) is 10.8 Å². The van der Waals surface area contributed by atoms with Crippen LogP contribution >= 0.6 is 15.9 Å². The van der Waals surface area contributed by atoms with Gasteiger partial charge in [0.2, 0.25) is 0 Å². The van der Waals surface area contributed by atoms with E-state index in [9.17, 15) is 21.6 Å². The molecule has 0 amide bonds. The summed E-state index contributed by atoms with van der Waals surface area (Å²) < 4.78 is 62.4. The van der Waals surface area contributed by atoms with Gasteiger partial charge in [-0.2, -0.15) is 26.3 Å². The zero-order chi connectivity index (χ0) is 14.8. The first-order valence-electron chi connectivity index (χ1n) is 4.90. The third kappa shape index (κ3) is 5.25. The number of benzene rings is 1. The molecular formula is C9H11BrF3N3O2S. The minimum absolute atomic E-state index is 0.0136. The average molecular weight is 362 g/mol. The van der Waals surface area contributed by atoms with E-state index in [1.54, 1.807) is 13.0 Å². The maximum Gasteiger partial charge on any atom is 0.402 e. The van der Waals surface area contributed by atoms with E-state index >= 15 is 0 Å². The highest BCUT2D eigenvalue weighted by Crippen LogP contribution is 2.30. The lowest BCUT2D eigenvalue weighted by atomic mass is 10.2. The van der Waals surface area contributed by atoms with Gasteiger partial charge in [-0.1, -0.05) is 0 Å². The van der Waals surface area contributed by atoms with E-state index < -0.39 is 22.9 Å². The quantitative estimate of drug-likeness (QED) is 0.718. The molecule has 0 heterocycles. The number of anilines is 2. The van der Waals surface area contributed by atoms with Crippen LogP contribution < -0.4 is 15.2 Å². The summed E-state index contributed by atoms with van der Waals surface area (Å²) in [7, 11) is -4.36. The molecule has 0 aliphatic heterocycles. The predicted molar refractivity (Wildman–Crippen MR) is 69.9 cm³/mol. The third-order valence-electron chi connectivity index (χ3n) is 1.96. The van der Waals surface area contributed by atoms with Gasteiger partial charge in [0.25, 0.3) is 10.2 Å². The average Bonchev–Trinajstić information content (AvgIpc) is 2.20. The van der Waals surface area contributed by atoms with Crippen LogP contribution in [0.3, 0.4) is 0 Å². The van der Waals surface area contributed by atoms with Gasteiger partial charge in [0.05, 0.1) is 11.4 Å². The van der Waals surface area contributed by atoms with Gasteiger partial charge < -0.3 is 5.73 Å². The fraction of sp³-hybridized carbons (Fsp3) is 0.333. The highest BCUT2D eigenvalue weighted by Gasteiger charge is 2.29. The normalized spacial score (nSPS) is 12.5. The summed E-state index contributed by atoms with van der Waals surface area (Å²) in [5.74, 6) is 0. The Morgan fingerprint density at radius 1 is 1.37 bits per heavy atom. The molecule has 108 valence electrons. The first kappa shape index (κ1) is 16.1. The van der Waals surface area contributed by atoms with Crippen molar-refractivity contribution in [2.45, 2.75) is 13.1 Å². The monoisotopic (exact) mass is 361 g/mol. The van der Waals surface area contributed by atoms with Gasteiger partial charge in [-0.3, -0.25) is 4.72 Å². The van der Waals surface area contributed by atoms with Crippen LogP contribution in [0.5, 0.6) is 0 Å². The van der Waals surface area contributed by atoms with Gasteiger partial charge in [0.15, 0.2) is 0 Å². The van der Waals surface area contributed by atoms with Gasteiger partial charge in [-0.05, 0) is 40.5 Å². The van der Waals surface area contributed by atoms with Crippen molar-refractivity contribution in [2.24, 2.45) is 0 Å². The van der Waals surface area contributed by atoms with Gasteiger partial charge >= 0.3 is 6.18 Å². The van der Waals surface area contributed by atoms with Crippen molar-refractivity contribution in [1.29, 1.82) is 0 Å². The summed E-state index contributed by atoms with van der Waals surface area (Å²) in [5, 5.41) is 0. The molecule has 0 aliphatic rings. The molecule has 4 N–H and O–H groups in total. The smallest absolute Gasteiger partial charge is 0.397 e. The van der Waals surface area contributed by atoms with Crippen molar-refractivity contribution < 1.29 is 21.6 Å². The summed E-state index contributed by atoms with van der Waals surface area (Å²) in [6.07, 6.45) is -4.63. The Morgan fingerprint density at radius 3 is 2.42 bits per heavy atom. The molecule has 1 rings (SSSR count). The minimum atomic E-state index is -4.63. The SMILES string of the molecule is Cc1cc(N)c(NS(=O)(=O)NCC(F)(F)F)c(Br)c1. The predicted octanol–water partition coefficient (Wildman–Crippen LogP) is 2.15. The van der Waals surface area contributed by atoms with Crippen molar-refractivity contribution in [1.82, 2.24) is 4.72 Å². The van der Waals surface area contributed by atoms with Crippen LogP contribution in [0, 0.1) is 6.92 Å². The molecular weight excluding hydrogens is 351 g/mol. The molecule has 0 radical (unpaired) electrons. The molecule has 0 bridgehead atoms. The maximum absolute atomic E-state index is 11.9. The summed E-state index contributed by atoms with van der Waals surface area (Å²) in [6, 6.07) is 3.07. The lowest BCUT2D eigenvalue weighted by molar-refractivity contribution is -0.121. The van der Waals surface area contributed by atoms with Crippen LogP contribution in [0.2, 0.25) is 0 Å².